The van der Waals surface area contributed by atoms with Crippen LogP contribution in [0, 0.1) is 5.41 Å². The van der Waals surface area contributed by atoms with Gasteiger partial charge in [-0.3, -0.25) is 14.6 Å². The van der Waals surface area contributed by atoms with E-state index >= 15 is 0 Å². The lowest BCUT2D eigenvalue weighted by Crippen LogP contribution is -2.47. The summed E-state index contributed by atoms with van der Waals surface area (Å²) in [5.41, 5.74) is -1.08. The van der Waals surface area contributed by atoms with Crippen LogP contribution in [0.5, 0.6) is 11.5 Å². The molecule has 0 spiro atoms. The number of halogens is 3. The van der Waals surface area contributed by atoms with E-state index < -0.39 is 28.6 Å². The minimum absolute atomic E-state index is 0.177. The third-order valence-electron chi connectivity index (χ3n) is 6.65. The second-order valence-corrected chi connectivity index (χ2v) is 9.24. The Labute approximate surface area is 206 Å². The Kier molecular flexibility index (Phi) is 6.68. The molecule has 36 heavy (non-hydrogen) atoms. The fourth-order valence-electron chi connectivity index (χ4n) is 4.61. The lowest BCUT2D eigenvalue weighted by atomic mass is 9.83. The Hall–Kier alpha value is -3.63. The van der Waals surface area contributed by atoms with E-state index in [2.05, 4.69) is 10.1 Å². The number of benzene rings is 1. The van der Waals surface area contributed by atoms with Crippen molar-refractivity contribution in [1.29, 1.82) is 0 Å². The topological polar surface area (TPSA) is 84.3 Å². The Balaban J connectivity index is 1.52. The number of carbonyl (C=O) groups excluding carboxylic acids is 2. The number of carbonyl (C=O) groups is 2. The first-order valence-electron chi connectivity index (χ1n) is 11.4. The third kappa shape index (κ3) is 4.49. The van der Waals surface area contributed by atoms with Gasteiger partial charge in [0.1, 0.15) is 0 Å². The van der Waals surface area contributed by atoms with Crippen molar-refractivity contribution in [2.45, 2.75) is 38.9 Å². The number of hydrogen-bond donors (Lipinski definition) is 0. The fraction of sp³-hybridized carbons (Fsp3) is 0.440. The van der Waals surface area contributed by atoms with Crippen LogP contribution in [0.2, 0.25) is 0 Å². The van der Waals surface area contributed by atoms with Gasteiger partial charge in [0, 0.05) is 31.0 Å². The highest BCUT2D eigenvalue weighted by Gasteiger charge is 2.47. The van der Waals surface area contributed by atoms with Gasteiger partial charge in [-0.2, -0.15) is 18.3 Å². The molecule has 0 atom stereocenters. The summed E-state index contributed by atoms with van der Waals surface area (Å²) in [6, 6.07) is 5.84. The average molecular weight is 505 g/mol. The van der Waals surface area contributed by atoms with Crippen molar-refractivity contribution in [3.63, 3.8) is 0 Å². The van der Waals surface area contributed by atoms with E-state index in [0.29, 0.717) is 30.1 Å². The number of hydrogen-bond acceptors (Lipinski definition) is 6. The molecule has 1 aromatic carbocycles. The maximum Gasteiger partial charge on any atom is 0.417 e. The van der Waals surface area contributed by atoms with Crippen LogP contribution in [-0.4, -0.2) is 65.8 Å². The molecule has 2 aromatic rings. The minimum Gasteiger partial charge on any atom is -0.493 e. The summed E-state index contributed by atoms with van der Waals surface area (Å²) in [7, 11) is 3.06. The maximum atomic E-state index is 13.4. The van der Waals surface area contributed by atoms with Crippen LogP contribution >= 0.6 is 0 Å². The fourth-order valence-corrected chi connectivity index (χ4v) is 4.61. The summed E-state index contributed by atoms with van der Waals surface area (Å²) in [6.07, 6.45) is -1.92. The van der Waals surface area contributed by atoms with Crippen molar-refractivity contribution in [2.75, 3.05) is 27.3 Å². The molecule has 1 saturated heterocycles. The number of likely N-dealkylation sites (tertiary alicyclic amines) is 1. The molecule has 4 rings (SSSR count). The van der Waals surface area contributed by atoms with E-state index in [-0.39, 0.29) is 25.0 Å². The molecule has 0 N–H and O–H groups in total. The number of nitrogens with zero attached hydrogens (tertiary/aromatic N) is 4. The predicted molar refractivity (Wildman–Crippen MR) is 125 cm³/mol. The van der Waals surface area contributed by atoms with Crippen LogP contribution in [0.25, 0.3) is 0 Å². The minimum atomic E-state index is -4.66. The number of methoxy groups -OCH3 is 2. The molecule has 0 bridgehead atoms. The van der Waals surface area contributed by atoms with Gasteiger partial charge in [0.15, 0.2) is 11.5 Å². The van der Waals surface area contributed by atoms with E-state index in [0.717, 1.165) is 24.0 Å². The van der Waals surface area contributed by atoms with Gasteiger partial charge in [-0.25, -0.2) is 5.01 Å². The van der Waals surface area contributed by atoms with E-state index in [1.54, 1.807) is 26.0 Å². The molecule has 0 saturated carbocycles. The highest BCUT2D eigenvalue weighted by atomic mass is 19.4. The molecule has 2 aliphatic heterocycles. The van der Waals surface area contributed by atoms with Gasteiger partial charge in [-0.05, 0) is 51.0 Å². The second kappa shape index (κ2) is 9.44. The smallest absolute Gasteiger partial charge is 0.417 e. The standard InChI is InChI=1S/C25H27F3N4O4/c1-24(2)21(15-5-6-19(35-3)20(13-15)36-4)30-32(23(24)34)16-8-11-31(12-9-16)22(33)17-14-29-10-7-18(17)25(26,27)28/h5-7,10,13-14,16H,8-9,11-12H2,1-4H3. The lowest BCUT2D eigenvalue weighted by Gasteiger charge is -2.35. The number of amides is 2. The predicted octanol–water partition coefficient (Wildman–Crippen LogP) is 3.99. The molecule has 1 aromatic heterocycles. The monoisotopic (exact) mass is 504 g/mol. The normalized spacial score (nSPS) is 18.3. The molecule has 2 aliphatic rings. The second-order valence-electron chi connectivity index (χ2n) is 9.24. The highest BCUT2D eigenvalue weighted by Crippen LogP contribution is 2.38. The van der Waals surface area contributed by atoms with Crippen molar-refractivity contribution >= 4 is 17.5 Å². The number of alkyl halides is 3. The van der Waals surface area contributed by atoms with Gasteiger partial charge in [0.25, 0.3) is 11.8 Å². The SMILES string of the molecule is COc1ccc(C2=NN(C3CCN(C(=O)c4cnccc4C(F)(F)F)CC3)C(=O)C2(C)C)cc1OC. The van der Waals surface area contributed by atoms with Crippen molar-refractivity contribution in [2.24, 2.45) is 10.5 Å². The number of rotatable bonds is 5. The first kappa shape index (κ1) is 25.5. The van der Waals surface area contributed by atoms with Crippen LogP contribution in [0.3, 0.4) is 0 Å². The van der Waals surface area contributed by atoms with Gasteiger partial charge in [-0.1, -0.05) is 0 Å². The Morgan fingerprint density at radius 1 is 1.08 bits per heavy atom. The van der Waals surface area contributed by atoms with Gasteiger partial charge < -0.3 is 14.4 Å². The highest BCUT2D eigenvalue weighted by molar-refractivity contribution is 6.19. The molecule has 11 heteroatoms. The quantitative estimate of drug-likeness (QED) is 0.615. The lowest BCUT2D eigenvalue weighted by molar-refractivity contribution is -0.139. The molecule has 1 fully saturated rings. The molecule has 0 aliphatic carbocycles. The van der Waals surface area contributed by atoms with Crippen LogP contribution in [0.1, 0.15) is 48.2 Å². The number of aromatic nitrogens is 1. The zero-order valence-electron chi connectivity index (χ0n) is 20.4. The summed E-state index contributed by atoms with van der Waals surface area (Å²) >= 11 is 0. The molecule has 192 valence electrons. The van der Waals surface area contributed by atoms with Crippen molar-refractivity contribution in [3.8, 4) is 11.5 Å². The van der Waals surface area contributed by atoms with Gasteiger partial charge >= 0.3 is 6.18 Å². The van der Waals surface area contributed by atoms with Crippen molar-refractivity contribution < 1.29 is 32.2 Å². The number of ether oxygens (including phenoxy) is 2. The molecular weight excluding hydrogens is 477 g/mol. The van der Waals surface area contributed by atoms with Crippen molar-refractivity contribution in [1.82, 2.24) is 14.9 Å². The summed E-state index contributed by atoms with van der Waals surface area (Å²) in [6.45, 7) is 3.98. The summed E-state index contributed by atoms with van der Waals surface area (Å²) < 4.78 is 50.7. The first-order valence-corrected chi connectivity index (χ1v) is 11.4. The van der Waals surface area contributed by atoms with Gasteiger partial charge in [0.05, 0.1) is 42.5 Å². The average Bonchev–Trinajstić information content (AvgIpc) is 3.11. The zero-order chi connectivity index (χ0) is 26.3. The van der Waals surface area contributed by atoms with Crippen LogP contribution in [0.4, 0.5) is 13.2 Å². The Morgan fingerprint density at radius 2 is 1.75 bits per heavy atom. The largest absolute Gasteiger partial charge is 0.493 e. The summed E-state index contributed by atoms with van der Waals surface area (Å²) in [4.78, 5) is 31.3. The van der Waals surface area contributed by atoms with Gasteiger partial charge in [-0.15, -0.1) is 0 Å². The van der Waals surface area contributed by atoms with E-state index in [1.807, 2.05) is 6.07 Å². The van der Waals surface area contributed by atoms with E-state index in [4.69, 9.17) is 9.47 Å². The molecular formula is C25H27F3N4O4. The number of piperidine rings is 1. The maximum absolute atomic E-state index is 13.4. The summed E-state index contributed by atoms with van der Waals surface area (Å²) in [5.74, 6) is 0.167. The Morgan fingerprint density at radius 3 is 2.36 bits per heavy atom. The van der Waals surface area contributed by atoms with Gasteiger partial charge in [0.2, 0.25) is 0 Å². The summed E-state index contributed by atoms with van der Waals surface area (Å²) in [5, 5.41) is 6.12. The van der Waals surface area contributed by atoms with E-state index in [9.17, 15) is 22.8 Å². The van der Waals surface area contributed by atoms with Crippen LogP contribution in [0.15, 0.2) is 41.8 Å². The molecule has 8 nitrogen and oxygen atoms in total. The third-order valence-corrected chi connectivity index (χ3v) is 6.65. The first-order chi connectivity index (χ1) is 17.0. The zero-order valence-corrected chi connectivity index (χ0v) is 20.4. The van der Waals surface area contributed by atoms with Crippen LogP contribution in [-0.2, 0) is 11.0 Å². The number of hydrazone groups is 1. The molecule has 0 unspecified atom stereocenters. The number of pyridine rings is 1. The van der Waals surface area contributed by atoms with E-state index in [1.165, 1.54) is 24.1 Å². The Bertz CT molecular complexity index is 1200. The molecule has 2 amide bonds. The molecule has 3 heterocycles. The van der Waals surface area contributed by atoms with Crippen LogP contribution < -0.4 is 9.47 Å². The molecule has 0 radical (unpaired) electrons. The van der Waals surface area contributed by atoms with Crippen molar-refractivity contribution in [3.05, 3.63) is 53.3 Å².